The van der Waals surface area contributed by atoms with Crippen molar-refractivity contribution >= 4 is 10.2 Å². The Morgan fingerprint density at radius 3 is 2.91 bits per heavy atom. The minimum Gasteiger partial charge on any atom is -0.0620 e. The van der Waals surface area contributed by atoms with E-state index in [0.29, 0.717) is 0 Å². The largest absolute Gasteiger partial charge is 0.0620 e. The summed E-state index contributed by atoms with van der Waals surface area (Å²) >= 11 is 0. The third kappa shape index (κ3) is 1.25. The Bertz CT molecular complexity index is 255. The SMILES string of the molecule is [SiH3]C1CCCc2ccccc21. The van der Waals surface area contributed by atoms with Crippen molar-refractivity contribution in [3.05, 3.63) is 35.4 Å². The number of hydrogen-bond acceptors (Lipinski definition) is 0. The molecule has 0 nitrogen and oxygen atoms in total. The van der Waals surface area contributed by atoms with E-state index in [1.165, 1.54) is 29.5 Å². The van der Waals surface area contributed by atoms with Gasteiger partial charge in [-0.25, -0.2) is 0 Å². The number of rotatable bonds is 0. The number of hydrogen-bond donors (Lipinski definition) is 0. The average Bonchev–Trinajstić information content (AvgIpc) is 2.06. The van der Waals surface area contributed by atoms with Gasteiger partial charge in [0.1, 0.15) is 0 Å². The molecule has 1 atom stereocenters. The van der Waals surface area contributed by atoms with Gasteiger partial charge >= 0.3 is 0 Å². The summed E-state index contributed by atoms with van der Waals surface area (Å²) in [6, 6.07) is 8.94. The van der Waals surface area contributed by atoms with Crippen LogP contribution in [0.3, 0.4) is 0 Å². The highest BCUT2D eigenvalue weighted by atomic mass is 28.1. The van der Waals surface area contributed by atoms with E-state index in [-0.39, 0.29) is 0 Å². The van der Waals surface area contributed by atoms with E-state index in [1.54, 1.807) is 11.1 Å². The first-order valence-corrected chi connectivity index (χ1v) is 5.61. The second kappa shape index (κ2) is 2.82. The van der Waals surface area contributed by atoms with Crippen molar-refractivity contribution in [2.24, 2.45) is 0 Å². The molecule has 1 unspecified atom stereocenters. The summed E-state index contributed by atoms with van der Waals surface area (Å²) in [5.41, 5.74) is 4.18. The Kier molecular flexibility index (Phi) is 1.82. The molecule has 0 amide bonds. The van der Waals surface area contributed by atoms with Gasteiger partial charge in [0.25, 0.3) is 0 Å². The lowest BCUT2D eigenvalue weighted by molar-refractivity contribution is 0.667. The van der Waals surface area contributed by atoms with Crippen LogP contribution in [0.1, 0.15) is 29.5 Å². The molecule has 0 saturated heterocycles. The fourth-order valence-electron chi connectivity index (χ4n) is 2.00. The van der Waals surface area contributed by atoms with Gasteiger partial charge < -0.3 is 0 Å². The molecule has 0 fully saturated rings. The monoisotopic (exact) mass is 162 g/mol. The molecule has 0 spiro atoms. The van der Waals surface area contributed by atoms with Crippen LogP contribution in [-0.4, -0.2) is 10.2 Å². The van der Waals surface area contributed by atoms with Crippen LogP contribution in [0.15, 0.2) is 24.3 Å². The first kappa shape index (κ1) is 7.11. The molecular formula is C10H14Si. The van der Waals surface area contributed by atoms with Crippen LogP contribution < -0.4 is 0 Å². The highest BCUT2D eigenvalue weighted by Gasteiger charge is 2.14. The zero-order chi connectivity index (χ0) is 7.68. The maximum atomic E-state index is 2.31. The highest BCUT2D eigenvalue weighted by Crippen LogP contribution is 2.28. The fourth-order valence-corrected chi connectivity index (χ4v) is 2.97. The molecule has 1 heteroatoms. The molecule has 1 aromatic carbocycles. The van der Waals surface area contributed by atoms with E-state index >= 15 is 0 Å². The van der Waals surface area contributed by atoms with Gasteiger partial charge in [-0.3, -0.25) is 0 Å². The third-order valence-electron chi connectivity index (χ3n) is 2.67. The minimum absolute atomic E-state index is 0.931. The molecule has 0 aromatic heterocycles. The average molecular weight is 162 g/mol. The van der Waals surface area contributed by atoms with Crippen LogP contribution >= 0.6 is 0 Å². The summed E-state index contributed by atoms with van der Waals surface area (Å²) in [5, 5.41) is 0. The summed E-state index contributed by atoms with van der Waals surface area (Å²) in [6.45, 7) is 0. The summed E-state index contributed by atoms with van der Waals surface area (Å²) in [6.07, 6.45) is 4.16. The van der Waals surface area contributed by atoms with E-state index in [9.17, 15) is 0 Å². The van der Waals surface area contributed by atoms with Crippen LogP contribution in [0.25, 0.3) is 0 Å². The van der Waals surface area contributed by atoms with Gasteiger partial charge in [-0.05, 0) is 35.9 Å². The molecule has 0 heterocycles. The topological polar surface area (TPSA) is 0 Å². The predicted molar refractivity (Wildman–Crippen MR) is 52.1 cm³/mol. The Hall–Kier alpha value is -0.563. The Labute approximate surface area is 71.1 Å². The minimum atomic E-state index is 0.931. The summed E-state index contributed by atoms with van der Waals surface area (Å²) in [5.74, 6) is 0. The van der Waals surface area contributed by atoms with Crippen molar-refractivity contribution in [1.82, 2.24) is 0 Å². The van der Waals surface area contributed by atoms with Gasteiger partial charge in [-0.1, -0.05) is 24.3 Å². The van der Waals surface area contributed by atoms with Crippen LogP contribution in [0.5, 0.6) is 0 Å². The molecule has 0 N–H and O–H groups in total. The molecule has 11 heavy (non-hydrogen) atoms. The predicted octanol–water partition coefficient (Wildman–Crippen LogP) is 1.43. The maximum absolute atomic E-state index is 2.31. The van der Waals surface area contributed by atoms with Gasteiger partial charge in [-0.2, -0.15) is 0 Å². The second-order valence-electron chi connectivity index (χ2n) is 3.49. The number of benzene rings is 1. The Morgan fingerprint density at radius 2 is 2.09 bits per heavy atom. The highest BCUT2D eigenvalue weighted by molar-refractivity contribution is 6.12. The molecule has 1 aliphatic rings. The zero-order valence-corrected chi connectivity index (χ0v) is 9.01. The third-order valence-corrected chi connectivity index (χ3v) is 3.87. The molecule has 0 saturated carbocycles. The van der Waals surface area contributed by atoms with Crippen LogP contribution in [-0.2, 0) is 6.42 Å². The van der Waals surface area contributed by atoms with Crippen molar-refractivity contribution in [2.75, 3.05) is 0 Å². The maximum Gasteiger partial charge on any atom is 0.0123 e. The molecule has 1 aromatic rings. The van der Waals surface area contributed by atoms with E-state index in [2.05, 4.69) is 24.3 Å². The van der Waals surface area contributed by atoms with E-state index < -0.39 is 0 Å². The van der Waals surface area contributed by atoms with Crippen LogP contribution in [0.4, 0.5) is 0 Å². The molecule has 1 aliphatic carbocycles. The van der Waals surface area contributed by atoms with Crippen molar-refractivity contribution in [3.8, 4) is 0 Å². The van der Waals surface area contributed by atoms with Crippen molar-refractivity contribution in [3.63, 3.8) is 0 Å². The van der Waals surface area contributed by atoms with Gasteiger partial charge in [0, 0.05) is 10.2 Å². The normalized spacial score (nSPS) is 23.1. The number of fused-ring (bicyclic) bond motifs is 1. The molecule has 2 rings (SSSR count). The molecule has 58 valence electrons. The lowest BCUT2D eigenvalue weighted by Crippen LogP contribution is -2.08. The Morgan fingerprint density at radius 1 is 1.27 bits per heavy atom. The molecule has 0 radical (unpaired) electrons. The van der Waals surface area contributed by atoms with Crippen LogP contribution in [0.2, 0.25) is 0 Å². The lowest BCUT2D eigenvalue weighted by atomic mass is 9.91. The lowest BCUT2D eigenvalue weighted by Gasteiger charge is -2.21. The first-order valence-electron chi connectivity index (χ1n) is 4.46. The van der Waals surface area contributed by atoms with E-state index in [1.807, 2.05) is 0 Å². The standard InChI is InChI=1S/C10H14Si/c11-10-7-3-5-8-4-1-2-6-9(8)10/h1-2,4,6,10H,3,5,7H2,11H3. The van der Waals surface area contributed by atoms with Crippen molar-refractivity contribution in [2.45, 2.75) is 24.8 Å². The van der Waals surface area contributed by atoms with Gasteiger partial charge in [0.15, 0.2) is 0 Å². The van der Waals surface area contributed by atoms with Gasteiger partial charge in [0.05, 0.1) is 0 Å². The first-order chi connectivity index (χ1) is 5.38. The van der Waals surface area contributed by atoms with E-state index in [0.717, 1.165) is 5.54 Å². The summed E-state index contributed by atoms with van der Waals surface area (Å²) in [4.78, 5) is 0. The van der Waals surface area contributed by atoms with E-state index in [4.69, 9.17) is 0 Å². The molecule has 0 aliphatic heterocycles. The summed E-state index contributed by atoms with van der Waals surface area (Å²) < 4.78 is 0. The number of aryl methyl sites for hydroxylation is 1. The molecule has 0 bridgehead atoms. The van der Waals surface area contributed by atoms with Crippen LogP contribution in [0, 0.1) is 0 Å². The fraction of sp³-hybridized carbons (Fsp3) is 0.400. The Balaban J connectivity index is 2.44. The van der Waals surface area contributed by atoms with Gasteiger partial charge in [-0.15, -0.1) is 0 Å². The van der Waals surface area contributed by atoms with Crippen molar-refractivity contribution in [1.29, 1.82) is 0 Å². The summed E-state index contributed by atoms with van der Waals surface area (Å²) in [7, 11) is 1.33. The second-order valence-corrected chi connectivity index (χ2v) is 4.89. The van der Waals surface area contributed by atoms with Gasteiger partial charge in [0.2, 0.25) is 0 Å². The smallest absolute Gasteiger partial charge is 0.0123 e. The zero-order valence-electron chi connectivity index (χ0n) is 7.01. The van der Waals surface area contributed by atoms with Crippen molar-refractivity contribution < 1.29 is 0 Å². The quantitative estimate of drug-likeness (QED) is 0.506. The molecular weight excluding hydrogens is 148 g/mol.